The summed E-state index contributed by atoms with van der Waals surface area (Å²) in [6, 6.07) is 8.10. The first-order chi connectivity index (χ1) is 14.1. The number of piperidine rings is 1. The molecule has 0 spiro atoms. The van der Waals surface area contributed by atoms with E-state index in [0.29, 0.717) is 0 Å². The number of carbonyl (C=O) groups is 1. The van der Waals surface area contributed by atoms with Gasteiger partial charge in [0.1, 0.15) is 5.82 Å². The molecular weight excluding hydrogens is 382 g/mol. The number of thiazole rings is 1. The van der Waals surface area contributed by atoms with Crippen LogP contribution < -0.4 is 5.32 Å². The zero-order valence-electron chi connectivity index (χ0n) is 17.0. The highest BCUT2D eigenvalue weighted by atomic mass is 32.1. The molecule has 29 heavy (non-hydrogen) atoms. The minimum atomic E-state index is 0.0803. The lowest BCUT2D eigenvalue weighted by Gasteiger charge is -2.30. The third-order valence-corrected chi connectivity index (χ3v) is 6.33. The Balaban J connectivity index is 1.26. The molecule has 3 heterocycles. The number of hydrogen-bond donors (Lipinski definition) is 1. The van der Waals surface area contributed by atoms with E-state index < -0.39 is 0 Å². The van der Waals surface area contributed by atoms with E-state index in [1.807, 2.05) is 38.4 Å². The van der Waals surface area contributed by atoms with E-state index in [-0.39, 0.29) is 11.8 Å². The van der Waals surface area contributed by atoms with Crippen molar-refractivity contribution in [3.8, 4) is 0 Å². The summed E-state index contributed by atoms with van der Waals surface area (Å²) in [7, 11) is 0. The number of rotatable bonds is 6. The monoisotopic (exact) mass is 409 g/mol. The van der Waals surface area contributed by atoms with Crippen molar-refractivity contribution in [2.75, 3.05) is 18.4 Å². The van der Waals surface area contributed by atoms with Crippen molar-refractivity contribution in [1.82, 2.24) is 19.4 Å². The lowest BCUT2D eigenvalue weighted by atomic mass is 9.95. The van der Waals surface area contributed by atoms with Crippen LogP contribution in [-0.2, 0) is 17.9 Å². The van der Waals surface area contributed by atoms with Crippen molar-refractivity contribution < 1.29 is 4.79 Å². The normalized spacial score (nSPS) is 15.5. The van der Waals surface area contributed by atoms with Gasteiger partial charge in [0, 0.05) is 42.5 Å². The molecule has 6 nitrogen and oxygen atoms in total. The number of nitrogens with one attached hydrogen (secondary N) is 1. The molecule has 1 aliphatic heterocycles. The summed E-state index contributed by atoms with van der Waals surface area (Å²) in [4.78, 5) is 23.9. The van der Waals surface area contributed by atoms with Crippen LogP contribution in [0.3, 0.4) is 0 Å². The van der Waals surface area contributed by atoms with Crippen molar-refractivity contribution in [2.24, 2.45) is 5.92 Å². The zero-order valence-corrected chi connectivity index (χ0v) is 17.8. The van der Waals surface area contributed by atoms with Crippen LogP contribution in [-0.4, -0.2) is 38.4 Å². The van der Waals surface area contributed by atoms with E-state index in [1.165, 1.54) is 5.56 Å². The predicted molar refractivity (Wildman–Crippen MR) is 116 cm³/mol. The van der Waals surface area contributed by atoms with Crippen LogP contribution in [0.5, 0.6) is 0 Å². The Kier molecular flexibility index (Phi) is 6.06. The summed E-state index contributed by atoms with van der Waals surface area (Å²) in [5, 5.41) is 6.33. The Labute approximate surface area is 175 Å². The van der Waals surface area contributed by atoms with Crippen molar-refractivity contribution in [3.05, 3.63) is 64.1 Å². The van der Waals surface area contributed by atoms with Crippen LogP contribution in [0, 0.1) is 19.8 Å². The molecule has 152 valence electrons. The van der Waals surface area contributed by atoms with Gasteiger partial charge in [-0.05, 0) is 57.5 Å². The molecule has 1 saturated heterocycles. The fraction of sp³-hybridized carbons (Fsp3) is 0.409. The quantitative estimate of drug-likeness (QED) is 0.672. The number of carbonyl (C=O) groups excluding carboxylic acids is 1. The molecule has 2 aromatic heterocycles. The van der Waals surface area contributed by atoms with Crippen molar-refractivity contribution in [2.45, 2.75) is 39.8 Å². The van der Waals surface area contributed by atoms with Crippen LogP contribution >= 0.6 is 11.3 Å². The molecule has 0 saturated carbocycles. The van der Waals surface area contributed by atoms with Crippen molar-refractivity contribution in [3.63, 3.8) is 0 Å². The Bertz CT molecular complexity index is 954. The van der Waals surface area contributed by atoms with Crippen LogP contribution in [0.15, 0.2) is 42.0 Å². The second-order valence-corrected chi connectivity index (χ2v) is 8.76. The van der Waals surface area contributed by atoms with Gasteiger partial charge in [0.15, 0.2) is 0 Å². The zero-order chi connectivity index (χ0) is 20.2. The Morgan fingerprint density at radius 2 is 1.93 bits per heavy atom. The SMILES string of the molecule is Cc1nc(CN2CCC(C(=O)Nc3ccc(Cn4ccnc4C)cc3)CC2)cs1. The first kappa shape index (κ1) is 19.8. The lowest BCUT2D eigenvalue weighted by molar-refractivity contribution is -0.121. The maximum Gasteiger partial charge on any atom is 0.227 e. The number of hydrogen-bond acceptors (Lipinski definition) is 5. The van der Waals surface area contributed by atoms with Gasteiger partial charge in [-0.25, -0.2) is 9.97 Å². The summed E-state index contributed by atoms with van der Waals surface area (Å²) in [6.07, 6.45) is 5.58. The van der Waals surface area contributed by atoms with Gasteiger partial charge >= 0.3 is 0 Å². The van der Waals surface area contributed by atoms with Gasteiger partial charge in [-0.2, -0.15) is 0 Å². The fourth-order valence-corrected chi connectivity index (χ4v) is 4.37. The average Bonchev–Trinajstić information content (AvgIpc) is 3.32. The molecule has 1 N–H and O–H groups in total. The summed E-state index contributed by atoms with van der Waals surface area (Å²) < 4.78 is 2.11. The molecule has 1 aliphatic rings. The number of nitrogens with zero attached hydrogens (tertiary/aromatic N) is 4. The minimum absolute atomic E-state index is 0.0803. The van der Waals surface area contributed by atoms with Crippen LogP contribution in [0.2, 0.25) is 0 Å². The molecule has 7 heteroatoms. The largest absolute Gasteiger partial charge is 0.331 e. The highest BCUT2D eigenvalue weighted by Gasteiger charge is 2.25. The summed E-state index contributed by atoms with van der Waals surface area (Å²) >= 11 is 1.70. The van der Waals surface area contributed by atoms with Crippen LogP contribution in [0.1, 0.15) is 34.9 Å². The molecule has 3 aromatic rings. The molecule has 1 amide bonds. The molecule has 4 rings (SSSR count). The topological polar surface area (TPSA) is 63.1 Å². The van der Waals surface area contributed by atoms with Gasteiger partial charge in [0.25, 0.3) is 0 Å². The number of amides is 1. The number of aryl methyl sites for hydroxylation is 2. The number of aromatic nitrogens is 3. The maximum atomic E-state index is 12.7. The van der Waals surface area contributed by atoms with Crippen molar-refractivity contribution >= 4 is 22.9 Å². The predicted octanol–water partition coefficient (Wildman–Crippen LogP) is 3.86. The number of anilines is 1. The standard InChI is InChI=1S/C22H27N5OS/c1-16-23-9-12-27(16)13-18-3-5-20(6-4-18)25-22(28)19-7-10-26(11-8-19)14-21-15-29-17(2)24-21/h3-6,9,12,15,19H,7-8,10-11,13-14H2,1-2H3,(H,25,28). The van der Waals surface area contributed by atoms with Gasteiger partial charge in [-0.15, -0.1) is 11.3 Å². The molecule has 0 unspecified atom stereocenters. The lowest BCUT2D eigenvalue weighted by Crippen LogP contribution is -2.37. The average molecular weight is 410 g/mol. The fourth-order valence-electron chi connectivity index (χ4n) is 3.77. The highest BCUT2D eigenvalue weighted by Crippen LogP contribution is 2.22. The first-order valence-corrected chi connectivity index (χ1v) is 11.0. The van der Waals surface area contributed by atoms with E-state index >= 15 is 0 Å². The molecule has 0 bridgehead atoms. The number of benzene rings is 1. The molecule has 0 atom stereocenters. The van der Waals surface area contributed by atoms with E-state index in [1.54, 1.807) is 11.3 Å². The van der Waals surface area contributed by atoms with Gasteiger partial charge in [0.2, 0.25) is 5.91 Å². The van der Waals surface area contributed by atoms with Gasteiger partial charge in [-0.3, -0.25) is 9.69 Å². The van der Waals surface area contributed by atoms with Gasteiger partial charge in [0.05, 0.1) is 10.7 Å². The smallest absolute Gasteiger partial charge is 0.227 e. The second-order valence-electron chi connectivity index (χ2n) is 7.70. The summed E-state index contributed by atoms with van der Waals surface area (Å²) in [5.74, 6) is 1.21. The third-order valence-electron chi connectivity index (χ3n) is 5.51. The van der Waals surface area contributed by atoms with Gasteiger partial charge < -0.3 is 9.88 Å². The Morgan fingerprint density at radius 3 is 2.55 bits per heavy atom. The summed E-state index contributed by atoms with van der Waals surface area (Å²) in [5.41, 5.74) is 3.19. The van der Waals surface area contributed by atoms with Gasteiger partial charge in [-0.1, -0.05) is 12.1 Å². The molecule has 0 aliphatic carbocycles. The summed E-state index contributed by atoms with van der Waals surface area (Å²) in [6.45, 7) is 7.59. The van der Waals surface area contributed by atoms with E-state index in [4.69, 9.17) is 0 Å². The first-order valence-electron chi connectivity index (χ1n) is 10.1. The van der Waals surface area contributed by atoms with E-state index in [2.05, 4.69) is 42.3 Å². The van der Waals surface area contributed by atoms with E-state index in [9.17, 15) is 4.79 Å². The number of likely N-dealkylation sites (tertiary alicyclic amines) is 1. The van der Waals surface area contributed by atoms with Crippen molar-refractivity contribution in [1.29, 1.82) is 0 Å². The maximum absolute atomic E-state index is 12.7. The number of imidazole rings is 1. The molecule has 0 radical (unpaired) electrons. The van der Waals surface area contributed by atoms with Crippen LogP contribution in [0.25, 0.3) is 0 Å². The molecule has 1 fully saturated rings. The van der Waals surface area contributed by atoms with E-state index in [0.717, 1.165) is 61.2 Å². The third kappa shape index (κ3) is 5.10. The molecule has 1 aromatic carbocycles. The molecular formula is C22H27N5OS. The Morgan fingerprint density at radius 1 is 1.17 bits per heavy atom. The second kappa shape index (κ2) is 8.88. The van der Waals surface area contributed by atoms with Crippen LogP contribution in [0.4, 0.5) is 5.69 Å². The Hall–Kier alpha value is -2.51. The minimum Gasteiger partial charge on any atom is -0.331 e. The highest BCUT2D eigenvalue weighted by molar-refractivity contribution is 7.09.